The summed E-state index contributed by atoms with van der Waals surface area (Å²) >= 11 is 1.66. The lowest BCUT2D eigenvalue weighted by Crippen LogP contribution is -2.37. The van der Waals surface area contributed by atoms with E-state index in [1.165, 1.54) is 0 Å². The molecule has 8 nitrogen and oxygen atoms in total. The zero-order chi connectivity index (χ0) is 17.7. The quantitative estimate of drug-likeness (QED) is 0.402. The maximum atomic E-state index is 11.6. The number of nitrogens with zero attached hydrogens (tertiary/aromatic N) is 1. The number of guanidine groups is 1. The van der Waals surface area contributed by atoms with Crippen molar-refractivity contribution in [2.45, 2.75) is 13.3 Å². The summed E-state index contributed by atoms with van der Waals surface area (Å²) in [5.41, 5.74) is 12.8. The van der Waals surface area contributed by atoms with Crippen molar-refractivity contribution in [1.29, 1.82) is 5.41 Å². The Bertz CT molecular complexity index is 516. The second-order valence-electron chi connectivity index (χ2n) is 4.22. The Hall–Kier alpha value is -2.68. The minimum absolute atomic E-state index is 0.0216. The third kappa shape index (κ3) is 14.0. The first-order chi connectivity index (χ1) is 10.8. The average Bonchev–Trinajstić information content (AvgIpc) is 2.91. The first-order valence-electron chi connectivity index (χ1n) is 6.48. The number of hydrogen-bond acceptors (Lipinski definition) is 5. The summed E-state index contributed by atoms with van der Waals surface area (Å²) in [4.78, 5) is 20.6. The second kappa shape index (κ2) is 11.9. The lowest BCUT2D eigenvalue weighted by molar-refractivity contribution is -0.134. The standard InChI is InChI=1S/C11H12N2OS.C2H4O2.CH5N3/c14-11(12-13-6-7-15-9-13)8-10-4-2-1-3-5-10;1-2(3)4;2-1(3)4/h1-7H,8-9H2,(H,12,14);1H3,(H,3,4);(H5,2,3,4). The van der Waals surface area contributed by atoms with Gasteiger partial charge in [0.25, 0.3) is 5.97 Å². The Morgan fingerprint density at radius 1 is 1.35 bits per heavy atom. The molecule has 1 aliphatic heterocycles. The van der Waals surface area contributed by atoms with Gasteiger partial charge in [-0.2, -0.15) is 0 Å². The number of benzene rings is 1. The summed E-state index contributed by atoms with van der Waals surface area (Å²) in [6.07, 6.45) is 2.30. The number of rotatable bonds is 3. The van der Waals surface area contributed by atoms with Crippen LogP contribution >= 0.6 is 11.8 Å². The molecule has 0 bridgehead atoms. The molecule has 1 heterocycles. The molecule has 1 aliphatic rings. The predicted octanol–water partition coefficient (Wildman–Crippen LogP) is 0.667. The summed E-state index contributed by atoms with van der Waals surface area (Å²) in [5.74, 6) is -0.353. The van der Waals surface area contributed by atoms with E-state index in [2.05, 4.69) is 16.9 Å². The van der Waals surface area contributed by atoms with Gasteiger partial charge in [-0.1, -0.05) is 30.3 Å². The van der Waals surface area contributed by atoms with Crippen molar-refractivity contribution in [3.05, 3.63) is 47.5 Å². The molecule has 23 heavy (non-hydrogen) atoms. The molecule has 0 spiro atoms. The van der Waals surface area contributed by atoms with Gasteiger partial charge in [-0.15, -0.1) is 11.8 Å². The minimum atomic E-state index is -0.833. The topological polar surface area (TPSA) is 146 Å². The van der Waals surface area contributed by atoms with Gasteiger partial charge in [0.05, 0.1) is 12.3 Å². The summed E-state index contributed by atoms with van der Waals surface area (Å²) in [6, 6.07) is 9.73. The number of carbonyl (C=O) groups is 2. The molecule has 0 radical (unpaired) electrons. The molecule has 0 fully saturated rings. The number of thioether (sulfide) groups is 1. The summed E-state index contributed by atoms with van der Waals surface area (Å²) in [6.45, 7) is 1.08. The molecule has 1 amide bonds. The van der Waals surface area contributed by atoms with Crippen molar-refractivity contribution in [2.24, 2.45) is 11.5 Å². The van der Waals surface area contributed by atoms with Gasteiger partial charge in [-0.3, -0.25) is 25.4 Å². The fourth-order valence-electron chi connectivity index (χ4n) is 1.33. The van der Waals surface area contributed by atoms with E-state index in [0.717, 1.165) is 18.4 Å². The molecule has 0 unspecified atom stereocenters. The molecule has 126 valence electrons. The predicted molar refractivity (Wildman–Crippen MR) is 91.1 cm³/mol. The van der Waals surface area contributed by atoms with Crippen molar-refractivity contribution in [2.75, 3.05) is 5.88 Å². The summed E-state index contributed by atoms with van der Waals surface area (Å²) < 4.78 is 0. The van der Waals surface area contributed by atoms with Crippen LogP contribution in [0.5, 0.6) is 0 Å². The first kappa shape index (κ1) is 20.3. The highest BCUT2D eigenvalue weighted by Crippen LogP contribution is 2.12. The third-order valence-corrected chi connectivity index (χ3v) is 2.77. The van der Waals surface area contributed by atoms with Crippen molar-refractivity contribution >= 4 is 29.6 Å². The van der Waals surface area contributed by atoms with Crippen LogP contribution in [-0.2, 0) is 16.0 Å². The highest BCUT2D eigenvalue weighted by Gasteiger charge is 2.08. The Balaban J connectivity index is 0.000000509. The van der Waals surface area contributed by atoms with Crippen LogP contribution in [0.4, 0.5) is 0 Å². The SMILES string of the molecule is CC(=O)O.N=C(N)N.O=C(Cc1ccccc1)NN1C=CSC1. The van der Waals surface area contributed by atoms with Crippen LogP contribution < -0.4 is 16.9 Å². The van der Waals surface area contributed by atoms with Crippen LogP contribution in [0.25, 0.3) is 0 Å². The van der Waals surface area contributed by atoms with E-state index < -0.39 is 5.97 Å². The van der Waals surface area contributed by atoms with Crippen LogP contribution in [0.1, 0.15) is 12.5 Å². The van der Waals surface area contributed by atoms with Gasteiger partial charge in [-0.25, -0.2) is 0 Å². The van der Waals surface area contributed by atoms with E-state index in [9.17, 15) is 4.79 Å². The van der Waals surface area contributed by atoms with Crippen molar-refractivity contribution in [1.82, 2.24) is 10.4 Å². The van der Waals surface area contributed by atoms with Gasteiger partial charge in [-0.05, 0) is 11.0 Å². The highest BCUT2D eigenvalue weighted by molar-refractivity contribution is 8.02. The number of carbonyl (C=O) groups excluding carboxylic acids is 1. The fourth-order valence-corrected chi connectivity index (χ4v) is 1.96. The molecule has 0 saturated carbocycles. The van der Waals surface area contributed by atoms with Crippen molar-refractivity contribution < 1.29 is 14.7 Å². The molecule has 7 N–H and O–H groups in total. The van der Waals surface area contributed by atoms with Crippen LogP contribution in [-0.4, -0.2) is 33.8 Å². The highest BCUT2D eigenvalue weighted by atomic mass is 32.2. The minimum Gasteiger partial charge on any atom is -0.481 e. The smallest absolute Gasteiger partial charge is 0.300 e. The Morgan fingerprint density at radius 2 is 1.87 bits per heavy atom. The Kier molecular flexibility index (Phi) is 10.5. The molecular weight excluding hydrogens is 318 g/mol. The van der Waals surface area contributed by atoms with E-state index in [1.807, 2.05) is 41.9 Å². The Labute approximate surface area is 139 Å². The van der Waals surface area contributed by atoms with Gasteiger partial charge in [0.1, 0.15) is 0 Å². The molecule has 9 heteroatoms. The first-order valence-corrected chi connectivity index (χ1v) is 7.53. The summed E-state index contributed by atoms with van der Waals surface area (Å²) in [5, 5.41) is 17.2. The van der Waals surface area contributed by atoms with E-state index in [4.69, 9.17) is 15.3 Å². The van der Waals surface area contributed by atoms with E-state index in [-0.39, 0.29) is 11.9 Å². The Morgan fingerprint density at radius 3 is 2.30 bits per heavy atom. The fraction of sp³-hybridized carbons (Fsp3) is 0.214. The largest absolute Gasteiger partial charge is 0.481 e. The molecule has 1 aromatic rings. The zero-order valence-electron chi connectivity index (χ0n) is 12.7. The summed E-state index contributed by atoms with van der Waals surface area (Å²) in [7, 11) is 0. The lowest BCUT2D eigenvalue weighted by atomic mass is 10.1. The van der Waals surface area contributed by atoms with Crippen LogP contribution in [0.2, 0.25) is 0 Å². The van der Waals surface area contributed by atoms with Crippen molar-refractivity contribution in [3.63, 3.8) is 0 Å². The maximum Gasteiger partial charge on any atom is 0.300 e. The molecule has 0 aliphatic carbocycles. The second-order valence-corrected chi connectivity index (χ2v) is 5.09. The number of nitrogens with two attached hydrogens (primary N) is 2. The maximum absolute atomic E-state index is 11.6. The van der Waals surface area contributed by atoms with Crippen molar-refractivity contribution in [3.8, 4) is 0 Å². The monoisotopic (exact) mass is 339 g/mol. The van der Waals surface area contributed by atoms with Crippen LogP contribution in [0, 0.1) is 5.41 Å². The molecule has 0 atom stereocenters. The average molecular weight is 339 g/mol. The van der Waals surface area contributed by atoms with Gasteiger partial charge in [0.15, 0.2) is 5.96 Å². The van der Waals surface area contributed by atoms with E-state index in [1.54, 1.807) is 16.8 Å². The number of hydrogen-bond donors (Lipinski definition) is 5. The zero-order valence-corrected chi connectivity index (χ0v) is 13.5. The number of carboxylic acid groups (broad SMARTS) is 1. The van der Waals surface area contributed by atoms with Crippen LogP contribution in [0.15, 0.2) is 41.9 Å². The van der Waals surface area contributed by atoms with Gasteiger partial charge in [0.2, 0.25) is 5.91 Å². The normalized spacial score (nSPS) is 11.4. The molecule has 0 saturated heterocycles. The lowest BCUT2D eigenvalue weighted by Gasteiger charge is -2.15. The third-order valence-electron chi connectivity index (χ3n) is 2.03. The number of nitrogens with one attached hydrogen (secondary N) is 2. The molecule has 1 aromatic carbocycles. The number of carboxylic acids is 1. The number of aliphatic carboxylic acids is 1. The molecule has 2 rings (SSSR count). The number of amides is 1. The van der Waals surface area contributed by atoms with E-state index in [0.29, 0.717) is 6.42 Å². The van der Waals surface area contributed by atoms with Crippen LogP contribution in [0.3, 0.4) is 0 Å². The number of hydrazine groups is 1. The van der Waals surface area contributed by atoms with Gasteiger partial charge < -0.3 is 16.6 Å². The van der Waals surface area contributed by atoms with Gasteiger partial charge in [0, 0.05) is 13.1 Å². The molecule has 0 aromatic heterocycles. The molecular formula is C14H21N5O3S. The van der Waals surface area contributed by atoms with Gasteiger partial charge >= 0.3 is 0 Å². The van der Waals surface area contributed by atoms with E-state index >= 15 is 0 Å².